The SMILES string of the molecule is CCOc1ccc(C(=O)NC2CNC(=O)C2)cc1N. The van der Waals surface area contributed by atoms with Gasteiger partial charge in [-0.05, 0) is 25.1 Å². The van der Waals surface area contributed by atoms with Gasteiger partial charge in [-0.25, -0.2) is 0 Å². The molecule has 1 heterocycles. The monoisotopic (exact) mass is 263 g/mol. The number of nitrogens with two attached hydrogens (primary N) is 1. The number of hydrogen-bond acceptors (Lipinski definition) is 4. The first kappa shape index (κ1) is 13.2. The van der Waals surface area contributed by atoms with E-state index in [0.717, 1.165) is 0 Å². The molecule has 0 saturated carbocycles. The topological polar surface area (TPSA) is 93.5 Å². The number of carbonyl (C=O) groups is 2. The molecular formula is C13H17N3O3. The fourth-order valence-corrected chi connectivity index (χ4v) is 1.95. The van der Waals surface area contributed by atoms with Crippen LogP contribution in [-0.4, -0.2) is 31.0 Å². The highest BCUT2D eigenvalue weighted by atomic mass is 16.5. The number of amides is 2. The van der Waals surface area contributed by atoms with Crippen LogP contribution in [0.2, 0.25) is 0 Å². The van der Waals surface area contributed by atoms with Crippen molar-refractivity contribution in [3.63, 3.8) is 0 Å². The summed E-state index contributed by atoms with van der Waals surface area (Å²) < 4.78 is 5.31. The molecule has 0 radical (unpaired) electrons. The molecule has 0 aliphatic carbocycles. The van der Waals surface area contributed by atoms with Gasteiger partial charge in [-0.2, -0.15) is 0 Å². The van der Waals surface area contributed by atoms with Crippen LogP contribution in [0.1, 0.15) is 23.7 Å². The van der Waals surface area contributed by atoms with Gasteiger partial charge >= 0.3 is 0 Å². The second kappa shape index (κ2) is 5.60. The molecule has 1 aliphatic rings. The molecule has 19 heavy (non-hydrogen) atoms. The Labute approximate surface area is 111 Å². The van der Waals surface area contributed by atoms with E-state index >= 15 is 0 Å². The number of nitrogens with one attached hydrogen (secondary N) is 2. The van der Waals surface area contributed by atoms with Gasteiger partial charge in [0.2, 0.25) is 5.91 Å². The zero-order valence-electron chi connectivity index (χ0n) is 10.7. The van der Waals surface area contributed by atoms with E-state index in [4.69, 9.17) is 10.5 Å². The Balaban J connectivity index is 2.03. The first-order valence-corrected chi connectivity index (χ1v) is 6.20. The molecule has 6 heteroatoms. The predicted molar refractivity (Wildman–Crippen MR) is 70.9 cm³/mol. The summed E-state index contributed by atoms with van der Waals surface area (Å²) in [6.07, 6.45) is 0.318. The first-order valence-electron chi connectivity index (χ1n) is 6.20. The third-order valence-electron chi connectivity index (χ3n) is 2.88. The number of anilines is 1. The molecule has 1 saturated heterocycles. The summed E-state index contributed by atoms with van der Waals surface area (Å²) in [5.74, 6) is 0.282. The first-order chi connectivity index (χ1) is 9.10. The van der Waals surface area contributed by atoms with E-state index in [1.165, 1.54) is 0 Å². The summed E-state index contributed by atoms with van der Waals surface area (Å²) in [5, 5.41) is 5.45. The highest BCUT2D eigenvalue weighted by Gasteiger charge is 2.23. The number of benzene rings is 1. The summed E-state index contributed by atoms with van der Waals surface area (Å²) >= 11 is 0. The summed E-state index contributed by atoms with van der Waals surface area (Å²) in [5.41, 5.74) is 6.69. The highest BCUT2D eigenvalue weighted by Crippen LogP contribution is 2.22. The van der Waals surface area contributed by atoms with Gasteiger partial charge in [-0.1, -0.05) is 0 Å². The van der Waals surface area contributed by atoms with Crippen LogP contribution in [0, 0.1) is 0 Å². The fraction of sp³-hybridized carbons (Fsp3) is 0.385. The van der Waals surface area contributed by atoms with Crippen LogP contribution in [0.3, 0.4) is 0 Å². The van der Waals surface area contributed by atoms with E-state index in [1.807, 2.05) is 6.92 Å². The smallest absolute Gasteiger partial charge is 0.251 e. The standard InChI is InChI=1S/C13H17N3O3/c1-2-19-11-4-3-8(5-10(11)14)13(18)16-9-6-12(17)15-7-9/h3-5,9H,2,6-7,14H2,1H3,(H,15,17)(H,16,18). The summed E-state index contributed by atoms with van der Waals surface area (Å²) in [6.45, 7) is 2.85. The molecule has 1 unspecified atom stereocenters. The number of carbonyl (C=O) groups excluding carboxylic acids is 2. The van der Waals surface area contributed by atoms with E-state index in [1.54, 1.807) is 18.2 Å². The van der Waals surface area contributed by atoms with Crippen molar-refractivity contribution in [2.24, 2.45) is 0 Å². The van der Waals surface area contributed by atoms with Crippen LogP contribution in [0.25, 0.3) is 0 Å². The van der Waals surface area contributed by atoms with Crippen molar-refractivity contribution in [3.8, 4) is 5.75 Å². The van der Waals surface area contributed by atoms with Crippen molar-refractivity contribution in [1.82, 2.24) is 10.6 Å². The van der Waals surface area contributed by atoms with E-state index in [0.29, 0.717) is 36.6 Å². The Hall–Kier alpha value is -2.24. The van der Waals surface area contributed by atoms with Crippen molar-refractivity contribution in [2.75, 3.05) is 18.9 Å². The molecule has 1 aromatic carbocycles. The van der Waals surface area contributed by atoms with Crippen molar-refractivity contribution < 1.29 is 14.3 Å². The minimum absolute atomic E-state index is 0.0449. The number of rotatable bonds is 4. The molecule has 0 aromatic heterocycles. The number of nitrogen functional groups attached to an aromatic ring is 1. The molecule has 2 amide bonds. The Kier molecular flexibility index (Phi) is 3.89. The molecule has 1 aromatic rings. The van der Waals surface area contributed by atoms with Crippen molar-refractivity contribution in [1.29, 1.82) is 0 Å². The molecule has 0 bridgehead atoms. The molecule has 6 nitrogen and oxygen atoms in total. The van der Waals surface area contributed by atoms with Crippen LogP contribution >= 0.6 is 0 Å². The van der Waals surface area contributed by atoms with Crippen LogP contribution in [-0.2, 0) is 4.79 Å². The maximum Gasteiger partial charge on any atom is 0.251 e. The average Bonchev–Trinajstić information content (AvgIpc) is 2.77. The van der Waals surface area contributed by atoms with E-state index in [-0.39, 0.29) is 17.9 Å². The van der Waals surface area contributed by atoms with Gasteiger partial charge in [0.1, 0.15) is 5.75 Å². The van der Waals surface area contributed by atoms with Crippen LogP contribution in [0.15, 0.2) is 18.2 Å². The minimum Gasteiger partial charge on any atom is -0.492 e. The van der Waals surface area contributed by atoms with Crippen molar-refractivity contribution in [2.45, 2.75) is 19.4 Å². The Morgan fingerprint density at radius 2 is 2.37 bits per heavy atom. The lowest BCUT2D eigenvalue weighted by molar-refractivity contribution is -0.119. The number of ether oxygens (including phenoxy) is 1. The van der Waals surface area contributed by atoms with Gasteiger partial charge < -0.3 is 21.1 Å². The van der Waals surface area contributed by atoms with Crippen molar-refractivity contribution in [3.05, 3.63) is 23.8 Å². The van der Waals surface area contributed by atoms with Gasteiger partial charge in [0.25, 0.3) is 5.91 Å². The summed E-state index contributed by atoms with van der Waals surface area (Å²) in [6, 6.07) is 4.74. The molecule has 1 aliphatic heterocycles. The summed E-state index contributed by atoms with van der Waals surface area (Å²) in [4.78, 5) is 23.0. The van der Waals surface area contributed by atoms with E-state index in [2.05, 4.69) is 10.6 Å². The maximum absolute atomic E-state index is 12.0. The third kappa shape index (κ3) is 3.15. The Morgan fingerprint density at radius 1 is 1.58 bits per heavy atom. The van der Waals surface area contributed by atoms with Gasteiger partial charge in [0.05, 0.1) is 18.3 Å². The largest absolute Gasteiger partial charge is 0.492 e. The molecule has 102 valence electrons. The molecule has 1 fully saturated rings. The molecular weight excluding hydrogens is 246 g/mol. The van der Waals surface area contributed by atoms with Crippen LogP contribution in [0.4, 0.5) is 5.69 Å². The van der Waals surface area contributed by atoms with E-state index in [9.17, 15) is 9.59 Å². The number of hydrogen-bond donors (Lipinski definition) is 3. The second-order valence-electron chi connectivity index (χ2n) is 4.36. The van der Waals surface area contributed by atoms with Gasteiger partial charge in [-0.15, -0.1) is 0 Å². The van der Waals surface area contributed by atoms with Gasteiger partial charge in [0.15, 0.2) is 0 Å². The summed E-state index contributed by atoms with van der Waals surface area (Å²) in [7, 11) is 0. The average molecular weight is 263 g/mol. The third-order valence-corrected chi connectivity index (χ3v) is 2.88. The van der Waals surface area contributed by atoms with Crippen LogP contribution < -0.4 is 21.1 Å². The van der Waals surface area contributed by atoms with E-state index < -0.39 is 0 Å². The molecule has 1 atom stereocenters. The maximum atomic E-state index is 12.0. The normalized spacial score (nSPS) is 17.9. The molecule has 2 rings (SSSR count). The lowest BCUT2D eigenvalue weighted by atomic mass is 10.1. The molecule has 0 spiro atoms. The predicted octanol–water partition coefficient (Wildman–Crippen LogP) is 0.286. The van der Waals surface area contributed by atoms with Crippen molar-refractivity contribution >= 4 is 17.5 Å². The Bertz CT molecular complexity index is 502. The van der Waals surface area contributed by atoms with Crippen LogP contribution in [0.5, 0.6) is 5.75 Å². The quantitative estimate of drug-likeness (QED) is 0.680. The van der Waals surface area contributed by atoms with Gasteiger partial charge in [0, 0.05) is 18.5 Å². The fourth-order valence-electron chi connectivity index (χ4n) is 1.95. The van der Waals surface area contributed by atoms with Gasteiger partial charge in [-0.3, -0.25) is 9.59 Å². The highest BCUT2D eigenvalue weighted by molar-refractivity contribution is 5.96. The lowest BCUT2D eigenvalue weighted by Gasteiger charge is -2.12. The Morgan fingerprint density at radius 3 is 2.95 bits per heavy atom. The second-order valence-corrected chi connectivity index (χ2v) is 4.36. The minimum atomic E-state index is -0.240. The zero-order valence-corrected chi connectivity index (χ0v) is 10.7. The molecule has 4 N–H and O–H groups in total. The zero-order chi connectivity index (χ0) is 13.8. The lowest BCUT2D eigenvalue weighted by Crippen LogP contribution is -2.36.